The van der Waals surface area contributed by atoms with Crippen LogP contribution in [-0.2, 0) is 14.4 Å². The zero-order valence-electron chi connectivity index (χ0n) is 8.98. The minimum absolute atomic E-state index is 0.0979. The van der Waals surface area contributed by atoms with Crippen LogP contribution >= 0.6 is 11.6 Å². The van der Waals surface area contributed by atoms with Gasteiger partial charge in [-0.15, -0.1) is 11.6 Å². The fraction of sp³-hybridized carbons (Fsp3) is 0.700. The lowest BCUT2D eigenvalue weighted by atomic mass is 10.00. The van der Waals surface area contributed by atoms with E-state index in [0.717, 1.165) is 0 Å². The van der Waals surface area contributed by atoms with Gasteiger partial charge in [0.2, 0.25) is 17.7 Å². The number of fused-ring (bicyclic) bond motifs is 1. The Hall–Kier alpha value is -1.10. The zero-order valence-corrected chi connectivity index (χ0v) is 9.74. The van der Waals surface area contributed by atoms with E-state index in [9.17, 15) is 14.4 Å². The molecule has 0 aromatic rings. The number of amides is 3. The van der Waals surface area contributed by atoms with Gasteiger partial charge in [0.05, 0.1) is 11.8 Å². The third-order valence-electron chi connectivity index (χ3n) is 3.27. The van der Waals surface area contributed by atoms with E-state index in [1.54, 1.807) is 6.92 Å². The molecule has 0 bridgehead atoms. The van der Waals surface area contributed by atoms with E-state index in [4.69, 9.17) is 11.6 Å². The largest absolute Gasteiger partial charge is 0.340 e. The summed E-state index contributed by atoms with van der Waals surface area (Å²) in [5, 5.41) is 0. The minimum Gasteiger partial charge on any atom is -0.340 e. The Morgan fingerprint density at radius 2 is 1.81 bits per heavy atom. The normalized spacial score (nSPS) is 28.9. The Morgan fingerprint density at radius 1 is 1.31 bits per heavy atom. The SMILES string of the molecule is CCN1C(=O)[C@@H]2CN(C(=O)CCl)C[C@H]2C1=O. The molecule has 2 atom stereocenters. The highest BCUT2D eigenvalue weighted by Gasteiger charge is 2.52. The first-order valence-corrected chi connectivity index (χ1v) is 5.82. The highest BCUT2D eigenvalue weighted by atomic mass is 35.5. The van der Waals surface area contributed by atoms with Crippen molar-refractivity contribution in [3.05, 3.63) is 0 Å². The van der Waals surface area contributed by atoms with Gasteiger partial charge in [0.15, 0.2) is 0 Å². The van der Waals surface area contributed by atoms with Gasteiger partial charge < -0.3 is 4.90 Å². The summed E-state index contributed by atoms with van der Waals surface area (Å²) in [4.78, 5) is 37.8. The monoisotopic (exact) mass is 244 g/mol. The van der Waals surface area contributed by atoms with Crippen molar-refractivity contribution in [2.45, 2.75) is 6.92 Å². The van der Waals surface area contributed by atoms with Crippen LogP contribution in [0, 0.1) is 11.8 Å². The van der Waals surface area contributed by atoms with Gasteiger partial charge in [0.25, 0.3) is 0 Å². The van der Waals surface area contributed by atoms with Gasteiger partial charge in [-0.3, -0.25) is 19.3 Å². The average molecular weight is 245 g/mol. The summed E-state index contributed by atoms with van der Waals surface area (Å²) in [6, 6.07) is 0. The van der Waals surface area contributed by atoms with Crippen molar-refractivity contribution in [3.63, 3.8) is 0 Å². The quantitative estimate of drug-likeness (QED) is 0.495. The summed E-state index contributed by atoms with van der Waals surface area (Å²) in [5.41, 5.74) is 0. The van der Waals surface area contributed by atoms with E-state index >= 15 is 0 Å². The predicted molar refractivity (Wildman–Crippen MR) is 56.7 cm³/mol. The number of imide groups is 1. The number of nitrogens with zero attached hydrogens (tertiary/aromatic N) is 2. The second-order valence-corrected chi connectivity index (χ2v) is 4.33. The Bertz CT molecular complexity index is 334. The molecule has 2 heterocycles. The van der Waals surface area contributed by atoms with Crippen molar-refractivity contribution in [1.29, 1.82) is 0 Å². The number of rotatable bonds is 2. The lowest BCUT2D eigenvalue weighted by Crippen LogP contribution is -2.38. The topological polar surface area (TPSA) is 57.7 Å². The Labute approximate surface area is 98.3 Å². The molecule has 2 aliphatic rings. The molecule has 0 aliphatic carbocycles. The number of likely N-dealkylation sites (tertiary alicyclic amines) is 2. The van der Waals surface area contributed by atoms with Gasteiger partial charge >= 0.3 is 0 Å². The van der Waals surface area contributed by atoms with E-state index in [2.05, 4.69) is 0 Å². The van der Waals surface area contributed by atoms with Crippen molar-refractivity contribution in [2.24, 2.45) is 11.8 Å². The summed E-state index contributed by atoms with van der Waals surface area (Å²) in [7, 11) is 0. The fourth-order valence-electron chi connectivity index (χ4n) is 2.41. The van der Waals surface area contributed by atoms with Crippen molar-refractivity contribution in [2.75, 3.05) is 25.5 Å². The molecule has 0 N–H and O–H groups in total. The Balaban J connectivity index is 2.14. The summed E-state index contributed by atoms with van der Waals surface area (Å²) in [5.74, 6) is -1.30. The van der Waals surface area contributed by atoms with Crippen LogP contribution in [0.25, 0.3) is 0 Å². The van der Waals surface area contributed by atoms with Gasteiger partial charge in [-0.05, 0) is 6.92 Å². The van der Waals surface area contributed by atoms with E-state index in [1.807, 2.05) is 0 Å². The molecule has 0 aromatic heterocycles. The molecule has 0 saturated carbocycles. The van der Waals surface area contributed by atoms with Crippen LogP contribution in [0.5, 0.6) is 0 Å². The molecule has 88 valence electrons. The summed E-state index contributed by atoms with van der Waals surface area (Å²) < 4.78 is 0. The van der Waals surface area contributed by atoms with Crippen molar-refractivity contribution in [3.8, 4) is 0 Å². The molecule has 5 nitrogen and oxygen atoms in total. The molecular weight excluding hydrogens is 232 g/mol. The van der Waals surface area contributed by atoms with Crippen molar-refractivity contribution >= 4 is 29.3 Å². The number of halogens is 1. The molecule has 0 aromatic carbocycles. The zero-order chi connectivity index (χ0) is 11.9. The van der Waals surface area contributed by atoms with Gasteiger partial charge in [-0.25, -0.2) is 0 Å². The molecule has 6 heteroatoms. The Kier molecular flexibility index (Phi) is 2.88. The summed E-state index contributed by atoms with van der Waals surface area (Å²) in [6.45, 7) is 2.85. The second kappa shape index (κ2) is 4.05. The first kappa shape index (κ1) is 11.4. The van der Waals surface area contributed by atoms with Crippen LogP contribution in [0.2, 0.25) is 0 Å². The first-order valence-electron chi connectivity index (χ1n) is 5.29. The molecule has 0 radical (unpaired) electrons. The molecule has 16 heavy (non-hydrogen) atoms. The number of hydrogen-bond donors (Lipinski definition) is 0. The second-order valence-electron chi connectivity index (χ2n) is 4.07. The standard InChI is InChI=1S/C10H13ClN2O3/c1-2-13-9(15)6-4-12(8(14)3-11)5-7(6)10(13)16/h6-7H,2-5H2,1H3/t6-,7-/m1/s1. The third-order valence-corrected chi connectivity index (χ3v) is 3.50. The van der Waals surface area contributed by atoms with Crippen LogP contribution in [0.1, 0.15) is 6.92 Å². The number of hydrogen-bond acceptors (Lipinski definition) is 3. The van der Waals surface area contributed by atoms with Crippen molar-refractivity contribution < 1.29 is 14.4 Å². The number of alkyl halides is 1. The molecular formula is C10H13ClN2O3. The maximum absolute atomic E-state index is 11.8. The molecule has 2 rings (SSSR count). The fourth-order valence-corrected chi connectivity index (χ4v) is 2.58. The minimum atomic E-state index is -0.348. The summed E-state index contributed by atoms with van der Waals surface area (Å²) >= 11 is 5.45. The van der Waals surface area contributed by atoms with Gasteiger partial charge in [0.1, 0.15) is 5.88 Å². The van der Waals surface area contributed by atoms with E-state index in [1.165, 1.54) is 9.80 Å². The van der Waals surface area contributed by atoms with Crippen molar-refractivity contribution in [1.82, 2.24) is 9.80 Å². The first-order chi connectivity index (χ1) is 7.60. The van der Waals surface area contributed by atoms with E-state index in [-0.39, 0.29) is 35.4 Å². The molecule has 2 aliphatic heterocycles. The third kappa shape index (κ3) is 1.50. The van der Waals surface area contributed by atoms with Crippen LogP contribution in [0.4, 0.5) is 0 Å². The highest BCUT2D eigenvalue weighted by Crippen LogP contribution is 2.33. The number of carbonyl (C=O) groups is 3. The van der Waals surface area contributed by atoms with E-state index < -0.39 is 0 Å². The highest BCUT2D eigenvalue weighted by molar-refractivity contribution is 6.27. The molecule has 3 amide bonds. The summed E-state index contributed by atoms with van der Waals surface area (Å²) in [6.07, 6.45) is 0. The van der Waals surface area contributed by atoms with Crippen LogP contribution < -0.4 is 0 Å². The van der Waals surface area contributed by atoms with Gasteiger partial charge in [-0.1, -0.05) is 0 Å². The van der Waals surface area contributed by atoms with Gasteiger partial charge in [0, 0.05) is 19.6 Å². The lowest BCUT2D eigenvalue weighted by Gasteiger charge is -2.18. The maximum Gasteiger partial charge on any atom is 0.237 e. The van der Waals surface area contributed by atoms with Gasteiger partial charge in [-0.2, -0.15) is 0 Å². The van der Waals surface area contributed by atoms with Crippen LogP contribution in [0.3, 0.4) is 0 Å². The molecule has 0 spiro atoms. The smallest absolute Gasteiger partial charge is 0.237 e. The molecule has 2 saturated heterocycles. The average Bonchev–Trinajstić information content (AvgIpc) is 2.80. The number of carbonyl (C=O) groups excluding carboxylic acids is 3. The maximum atomic E-state index is 11.8. The lowest BCUT2D eigenvalue weighted by molar-refractivity contribution is -0.140. The van der Waals surface area contributed by atoms with E-state index in [0.29, 0.717) is 19.6 Å². The predicted octanol–water partition coefficient (Wildman–Crippen LogP) is -0.312. The molecule has 0 unspecified atom stereocenters. The van der Waals surface area contributed by atoms with Crippen LogP contribution in [-0.4, -0.2) is 53.0 Å². The Morgan fingerprint density at radius 3 is 2.19 bits per heavy atom. The van der Waals surface area contributed by atoms with Crippen LogP contribution in [0.15, 0.2) is 0 Å². The molecule has 2 fully saturated rings.